The van der Waals surface area contributed by atoms with E-state index in [0.29, 0.717) is 18.1 Å². The van der Waals surface area contributed by atoms with Crippen LogP contribution >= 0.6 is 11.3 Å². The van der Waals surface area contributed by atoms with Gasteiger partial charge in [-0.2, -0.15) is 0 Å². The first-order valence-corrected chi connectivity index (χ1v) is 6.49. The van der Waals surface area contributed by atoms with Gasteiger partial charge in [0.1, 0.15) is 5.69 Å². The Bertz CT molecular complexity index is 472. The van der Waals surface area contributed by atoms with E-state index in [1.807, 2.05) is 0 Å². The molecule has 0 bridgehead atoms. The number of carbonyl (C=O) groups excluding carboxylic acids is 3. The van der Waals surface area contributed by atoms with E-state index in [9.17, 15) is 14.4 Å². The van der Waals surface area contributed by atoms with Crippen LogP contribution in [0.1, 0.15) is 30.3 Å². The summed E-state index contributed by atoms with van der Waals surface area (Å²) in [6.45, 7) is 1.73. The predicted molar refractivity (Wildman–Crippen MR) is 70.0 cm³/mol. The van der Waals surface area contributed by atoms with Crippen molar-refractivity contribution in [1.82, 2.24) is 10.3 Å². The van der Waals surface area contributed by atoms with Crippen molar-refractivity contribution in [3.05, 3.63) is 11.1 Å². The van der Waals surface area contributed by atoms with E-state index >= 15 is 0 Å². The summed E-state index contributed by atoms with van der Waals surface area (Å²) in [4.78, 5) is 37.3. The van der Waals surface area contributed by atoms with Gasteiger partial charge in [-0.3, -0.25) is 14.4 Å². The first-order valence-electron chi connectivity index (χ1n) is 5.61. The molecule has 0 radical (unpaired) electrons. The number of methoxy groups -OCH3 is 1. The van der Waals surface area contributed by atoms with Crippen LogP contribution in [0.3, 0.4) is 0 Å². The third kappa shape index (κ3) is 5.47. The Morgan fingerprint density at radius 1 is 1.42 bits per heavy atom. The van der Waals surface area contributed by atoms with Crippen LogP contribution in [0.2, 0.25) is 0 Å². The van der Waals surface area contributed by atoms with Gasteiger partial charge in [0.25, 0.3) is 5.91 Å². The summed E-state index contributed by atoms with van der Waals surface area (Å²) >= 11 is 1.18. The average molecular weight is 285 g/mol. The third-order valence-corrected chi connectivity index (χ3v) is 2.85. The highest BCUT2D eigenvalue weighted by atomic mass is 32.1. The Morgan fingerprint density at radius 3 is 2.79 bits per heavy atom. The molecule has 0 saturated heterocycles. The number of hydrogen-bond donors (Lipinski definition) is 2. The second-order valence-electron chi connectivity index (χ2n) is 3.65. The molecule has 1 aromatic heterocycles. The van der Waals surface area contributed by atoms with Gasteiger partial charge < -0.3 is 15.4 Å². The minimum absolute atomic E-state index is 0.237. The van der Waals surface area contributed by atoms with E-state index in [0.717, 1.165) is 0 Å². The molecule has 19 heavy (non-hydrogen) atoms. The lowest BCUT2D eigenvalue weighted by molar-refractivity contribution is -0.140. The number of esters is 1. The van der Waals surface area contributed by atoms with Crippen molar-refractivity contribution < 1.29 is 19.1 Å². The van der Waals surface area contributed by atoms with E-state index in [1.165, 1.54) is 25.4 Å². The van der Waals surface area contributed by atoms with Crippen LogP contribution in [0.5, 0.6) is 0 Å². The van der Waals surface area contributed by atoms with Crippen molar-refractivity contribution in [2.24, 2.45) is 0 Å². The Morgan fingerprint density at radius 2 is 2.16 bits per heavy atom. The molecule has 0 fully saturated rings. The summed E-state index contributed by atoms with van der Waals surface area (Å²) in [6, 6.07) is 0. The van der Waals surface area contributed by atoms with Gasteiger partial charge in [0.05, 0.1) is 7.11 Å². The molecule has 1 aromatic rings. The maximum Gasteiger partial charge on any atom is 0.305 e. The number of carbonyl (C=O) groups is 3. The molecule has 0 aliphatic heterocycles. The molecule has 104 valence electrons. The number of aromatic nitrogens is 1. The maximum atomic E-state index is 11.7. The Balaban J connectivity index is 2.35. The van der Waals surface area contributed by atoms with Crippen LogP contribution in [0.15, 0.2) is 5.38 Å². The summed E-state index contributed by atoms with van der Waals surface area (Å²) in [7, 11) is 1.32. The van der Waals surface area contributed by atoms with Crippen LogP contribution in [0, 0.1) is 0 Å². The molecule has 0 aromatic carbocycles. The summed E-state index contributed by atoms with van der Waals surface area (Å²) < 4.78 is 4.48. The first-order chi connectivity index (χ1) is 9.02. The Hall–Kier alpha value is -1.96. The fourth-order valence-electron chi connectivity index (χ4n) is 1.21. The van der Waals surface area contributed by atoms with E-state index in [2.05, 4.69) is 20.4 Å². The summed E-state index contributed by atoms with van der Waals surface area (Å²) in [5.41, 5.74) is 0.242. The number of hydrogen-bond acceptors (Lipinski definition) is 6. The van der Waals surface area contributed by atoms with Gasteiger partial charge in [-0.15, -0.1) is 11.3 Å². The number of anilines is 1. The number of nitrogens with one attached hydrogen (secondary N) is 2. The number of rotatable bonds is 6. The van der Waals surface area contributed by atoms with Crippen molar-refractivity contribution in [2.45, 2.75) is 19.8 Å². The van der Waals surface area contributed by atoms with E-state index in [-0.39, 0.29) is 29.9 Å². The lowest BCUT2D eigenvalue weighted by Gasteiger charge is -2.02. The SMILES string of the molecule is COC(=O)CCCNC(=O)c1csc(NC(C)=O)n1. The monoisotopic (exact) mass is 285 g/mol. The lowest BCUT2D eigenvalue weighted by atomic mass is 10.3. The molecular weight excluding hydrogens is 270 g/mol. The largest absolute Gasteiger partial charge is 0.469 e. The summed E-state index contributed by atoms with van der Waals surface area (Å²) in [5.74, 6) is -0.882. The van der Waals surface area contributed by atoms with Gasteiger partial charge in [0.15, 0.2) is 5.13 Å². The van der Waals surface area contributed by atoms with E-state index in [1.54, 1.807) is 5.38 Å². The standard InChI is InChI=1S/C11H15N3O4S/c1-7(15)13-11-14-8(6-19-11)10(17)12-5-3-4-9(16)18-2/h6H,3-5H2,1-2H3,(H,12,17)(H,13,14,15). The van der Waals surface area contributed by atoms with E-state index < -0.39 is 0 Å². The van der Waals surface area contributed by atoms with Gasteiger partial charge >= 0.3 is 5.97 Å². The number of ether oxygens (including phenoxy) is 1. The molecule has 1 rings (SSSR count). The average Bonchev–Trinajstić information content (AvgIpc) is 2.81. The van der Waals surface area contributed by atoms with Crippen molar-refractivity contribution in [1.29, 1.82) is 0 Å². The lowest BCUT2D eigenvalue weighted by Crippen LogP contribution is -2.25. The smallest absolute Gasteiger partial charge is 0.305 e. The fourth-order valence-corrected chi connectivity index (χ4v) is 1.95. The van der Waals surface area contributed by atoms with Crippen molar-refractivity contribution in [3.8, 4) is 0 Å². The molecule has 0 spiro atoms. The summed E-state index contributed by atoms with van der Waals surface area (Å²) in [6.07, 6.45) is 0.756. The van der Waals surface area contributed by atoms with Crippen LogP contribution in [-0.2, 0) is 14.3 Å². The molecule has 2 N–H and O–H groups in total. The molecule has 0 aliphatic rings. The molecule has 0 saturated carbocycles. The van der Waals surface area contributed by atoms with Gasteiger partial charge in [-0.1, -0.05) is 0 Å². The minimum Gasteiger partial charge on any atom is -0.469 e. The number of nitrogens with zero attached hydrogens (tertiary/aromatic N) is 1. The molecular formula is C11H15N3O4S. The highest BCUT2D eigenvalue weighted by molar-refractivity contribution is 7.14. The molecule has 0 unspecified atom stereocenters. The number of thiazole rings is 1. The van der Waals surface area contributed by atoms with Crippen LogP contribution in [0.4, 0.5) is 5.13 Å². The Kier molecular flexibility index (Phi) is 5.94. The first kappa shape index (κ1) is 15.1. The quantitative estimate of drug-likeness (QED) is 0.594. The van der Waals surface area contributed by atoms with Crippen LogP contribution in [0.25, 0.3) is 0 Å². The minimum atomic E-state index is -0.335. The highest BCUT2D eigenvalue weighted by Crippen LogP contribution is 2.14. The number of amides is 2. The zero-order valence-electron chi connectivity index (χ0n) is 10.7. The molecule has 8 heteroatoms. The van der Waals surface area contributed by atoms with Gasteiger partial charge in [0.2, 0.25) is 5.91 Å². The van der Waals surface area contributed by atoms with Gasteiger partial charge in [-0.05, 0) is 6.42 Å². The molecule has 0 atom stereocenters. The molecule has 2 amide bonds. The second-order valence-corrected chi connectivity index (χ2v) is 4.51. The second kappa shape index (κ2) is 7.47. The zero-order chi connectivity index (χ0) is 14.3. The predicted octanol–water partition coefficient (Wildman–Crippen LogP) is 0.784. The topological polar surface area (TPSA) is 97.4 Å². The molecule has 0 aliphatic carbocycles. The van der Waals surface area contributed by atoms with Gasteiger partial charge in [0, 0.05) is 25.3 Å². The van der Waals surface area contributed by atoms with Crippen LogP contribution in [-0.4, -0.2) is 36.4 Å². The van der Waals surface area contributed by atoms with Gasteiger partial charge in [-0.25, -0.2) is 4.98 Å². The Labute approximate surface area is 114 Å². The highest BCUT2D eigenvalue weighted by Gasteiger charge is 2.11. The molecule has 7 nitrogen and oxygen atoms in total. The summed E-state index contributed by atoms with van der Waals surface area (Å²) in [5, 5.41) is 7.07. The maximum absolute atomic E-state index is 11.7. The molecule has 1 heterocycles. The normalized spacial score (nSPS) is 9.79. The fraction of sp³-hybridized carbons (Fsp3) is 0.455. The van der Waals surface area contributed by atoms with E-state index in [4.69, 9.17) is 0 Å². The third-order valence-electron chi connectivity index (χ3n) is 2.09. The van der Waals surface area contributed by atoms with Crippen LogP contribution < -0.4 is 10.6 Å². The van der Waals surface area contributed by atoms with Crippen molar-refractivity contribution in [2.75, 3.05) is 19.0 Å². The van der Waals surface area contributed by atoms with Crippen molar-refractivity contribution >= 4 is 34.3 Å². The zero-order valence-corrected chi connectivity index (χ0v) is 11.5. The van der Waals surface area contributed by atoms with Crippen molar-refractivity contribution in [3.63, 3.8) is 0 Å².